The molecule has 0 fully saturated rings. The van der Waals surface area contributed by atoms with E-state index in [-0.39, 0.29) is 10.7 Å². The molecule has 0 radical (unpaired) electrons. The van der Waals surface area contributed by atoms with Crippen molar-refractivity contribution in [3.63, 3.8) is 0 Å². The Morgan fingerprint density at radius 1 is 1.14 bits per heavy atom. The Bertz CT molecular complexity index is 745. The number of rotatable bonds is 5. The third kappa shape index (κ3) is 3.80. The van der Waals surface area contributed by atoms with Gasteiger partial charge in [-0.25, -0.2) is 17.5 Å². The third-order valence-corrected chi connectivity index (χ3v) is 4.69. The standard InChI is InChI=1S/C15H17FN2O2S/c1-11-6-7-14(9-15(11)21(19,20)17-2)18-10-12-4-3-5-13(16)8-12/h3-9,17-18H,10H2,1-2H3. The molecule has 2 N–H and O–H groups in total. The third-order valence-electron chi connectivity index (χ3n) is 3.13. The summed E-state index contributed by atoms with van der Waals surface area (Å²) in [5.41, 5.74) is 2.12. The molecule has 0 saturated heterocycles. The van der Waals surface area contributed by atoms with Crippen molar-refractivity contribution < 1.29 is 12.8 Å². The van der Waals surface area contributed by atoms with Crippen LogP contribution in [0.4, 0.5) is 10.1 Å². The maximum Gasteiger partial charge on any atom is 0.240 e. The second-order valence-electron chi connectivity index (χ2n) is 4.67. The van der Waals surface area contributed by atoms with Crippen LogP contribution in [0.1, 0.15) is 11.1 Å². The Labute approximate surface area is 124 Å². The second kappa shape index (κ2) is 6.24. The monoisotopic (exact) mass is 308 g/mol. The Hall–Kier alpha value is -1.92. The topological polar surface area (TPSA) is 58.2 Å². The van der Waals surface area contributed by atoms with Crippen LogP contribution in [-0.4, -0.2) is 15.5 Å². The molecular weight excluding hydrogens is 291 g/mol. The maximum absolute atomic E-state index is 13.1. The highest BCUT2D eigenvalue weighted by molar-refractivity contribution is 7.89. The summed E-state index contributed by atoms with van der Waals surface area (Å²) >= 11 is 0. The predicted molar refractivity (Wildman–Crippen MR) is 81.2 cm³/mol. The van der Waals surface area contributed by atoms with Crippen molar-refractivity contribution in [3.8, 4) is 0 Å². The van der Waals surface area contributed by atoms with E-state index in [4.69, 9.17) is 0 Å². The fourth-order valence-corrected chi connectivity index (χ4v) is 2.95. The molecular formula is C15H17FN2O2S. The predicted octanol–water partition coefficient (Wildman–Crippen LogP) is 2.65. The van der Waals surface area contributed by atoms with E-state index in [9.17, 15) is 12.8 Å². The fraction of sp³-hybridized carbons (Fsp3) is 0.200. The Morgan fingerprint density at radius 3 is 2.57 bits per heavy atom. The molecule has 0 spiro atoms. The zero-order valence-corrected chi connectivity index (χ0v) is 12.7. The van der Waals surface area contributed by atoms with Crippen molar-refractivity contribution in [2.45, 2.75) is 18.4 Å². The number of aryl methyl sites for hydroxylation is 1. The lowest BCUT2D eigenvalue weighted by molar-refractivity contribution is 0.587. The molecule has 0 aliphatic heterocycles. The van der Waals surface area contributed by atoms with Gasteiger partial charge in [-0.3, -0.25) is 0 Å². The van der Waals surface area contributed by atoms with Crippen molar-refractivity contribution in [3.05, 3.63) is 59.4 Å². The second-order valence-corrected chi connectivity index (χ2v) is 6.53. The van der Waals surface area contributed by atoms with Gasteiger partial charge in [0.2, 0.25) is 10.0 Å². The van der Waals surface area contributed by atoms with E-state index >= 15 is 0 Å². The van der Waals surface area contributed by atoms with E-state index < -0.39 is 10.0 Å². The molecule has 0 aliphatic rings. The van der Waals surface area contributed by atoms with E-state index in [0.29, 0.717) is 17.8 Å². The number of hydrogen-bond acceptors (Lipinski definition) is 3. The maximum atomic E-state index is 13.1. The first-order chi connectivity index (χ1) is 9.92. The molecule has 2 aromatic carbocycles. The highest BCUT2D eigenvalue weighted by Crippen LogP contribution is 2.20. The number of hydrogen-bond donors (Lipinski definition) is 2. The molecule has 2 aromatic rings. The normalized spacial score (nSPS) is 11.4. The summed E-state index contributed by atoms with van der Waals surface area (Å²) in [6, 6.07) is 11.4. The highest BCUT2D eigenvalue weighted by Gasteiger charge is 2.14. The average molecular weight is 308 g/mol. The van der Waals surface area contributed by atoms with Crippen LogP contribution in [0.3, 0.4) is 0 Å². The van der Waals surface area contributed by atoms with Gasteiger partial charge in [0.15, 0.2) is 0 Å². The Morgan fingerprint density at radius 2 is 1.90 bits per heavy atom. The summed E-state index contributed by atoms with van der Waals surface area (Å²) in [5, 5.41) is 3.09. The van der Waals surface area contributed by atoms with Gasteiger partial charge in [0.1, 0.15) is 5.82 Å². The number of benzene rings is 2. The minimum absolute atomic E-state index is 0.231. The summed E-state index contributed by atoms with van der Waals surface area (Å²) < 4.78 is 39.2. The van der Waals surface area contributed by atoms with Crippen LogP contribution in [0.15, 0.2) is 47.4 Å². The number of sulfonamides is 1. The van der Waals surface area contributed by atoms with E-state index in [1.54, 1.807) is 37.3 Å². The van der Waals surface area contributed by atoms with Crippen LogP contribution in [0.25, 0.3) is 0 Å². The molecule has 21 heavy (non-hydrogen) atoms. The lowest BCUT2D eigenvalue weighted by atomic mass is 10.2. The first-order valence-corrected chi connectivity index (χ1v) is 7.93. The lowest BCUT2D eigenvalue weighted by Crippen LogP contribution is -2.19. The first kappa shape index (κ1) is 15.5. The molecule has 0 amide bonds. The molecule has 112 valence electrons. The van der Waals surface area contributed by atoms with Gasteiger partial charge in [0.05, 0.1) is 4.90 Å². The van der Waals surface area contributed by atoms with Crippen molar-refractivity contribution in [1.29, 1.82) is 0 Å². The zero-order chi connectivity index (χ0) is 15.5. The van der Waals surface area contributed by atoms with Crippen molar-refractivity contribution >= 4 is 15.7 Å². The van der Waals surface area contributed by atoms with Crippen LogP contribution in [0.5, 0.6) is 0 Å². The van der Waals surface area contributed by atoms with Gasteiger partial charge < -0.3 is 5.32 Å². The molecule has 4 nitrogen and oxygen atoms in total. The number of nitrogens with one attached hydrogen (secondary N) is 2. The van der Waals surface area contributed by atoms with Gasteiger partial charge >= 0.3 is 0 Å². The van der Waals surface area contributed by atoms with E-state index in [1.807, 2.05) is 0 Å². The lowest BCUT2D eigenvalue weighted by Gasteiger charge is -2.11. The average Bonchev–Trinajstić information content (AvgIpc) is 2.46. The molecule has 0 aromatic heterocycles. The molecule has 6 heteroatoms. The van der Waals surface area contributed by atoms with Crippen LogP contribution < -0.4 is 10.0 Å². The van der Waals surface area contributed by atoms with Gasteiger partial charge in [-0.15, -0.1) is 0 Å². The quantitative estimate of drug-likeness (QED) is 0.893. The van der Waals surface area contributed by atoms with Crippen LogP contribution in [0.2, 0.25) is 0 Å². The van der Waals surface area contributed by atoms with Crippen molar-refractivity contribution in [2.75, 3.05) is 12.4 Å². The minimum atomic E-state index is -3.49. The summed E-state index contributed by atoms with van der Waals surface area (Å²) in [6.07, 6.45) is 0. The molecule has 0 atom stereocenters. The van der Waals surface area contributed by atoms with Crippen LogP contribution in [-0.2, 0) is 16.6 Å². The van der Waals surface area contributed by atoms with Gasteiger partial charge in [-0.2, -0.15) is 0 Å². The fourth-order valence-electron chi connectivity index (χ4n) is 1.96. The Kier molecular flexibility index (Phi) is 4.59. The summed E-state index contributed by atoms with van der Waals surface area (Å²) in [7, 11) is -2.11. The molecule has 0 aliphatic carbocycles. The SMILES string of the molecule is CNS(=O)(=O)c1cc(NCc2cccc(F)c2)ccc1C. The zero-order valence-electron chi connectivity index (χ0n) is 11.9. The summed E-state index contributed by atoms with van der Waals surface area (Å²) in [4.78, 5) is 0.231. The molecule has 0 unspecified atom stereocenters. The highest BCUT2D eigenvalue weighted by atomic mass is 32.2. The number of anilines is 1. The Balaban J connectivity index is 2.20. The number of halogens is 1. The van der Waals surface area contributed by atoms with E-state index in [1.165, 1.54) is 19.2 Å². The van der Waals surface area contributed by atoms with Gasteiger partial charge in [-0.1, -0.05) is 18.2 Å². The van der Waals surface area contributed by atoms with Crippen molar-refractivity contribution in [2.24, 2.45) is 0 Å². The van der Waals surface area contributed by atoms with Crippen LogP contribution >= 0.6 is 0 Å². The molecule has 0 saturated carbocycles. The largest absolute Gasteiger partial charge is 0.381 e. The van der Waals surface area contributed by atoms with Gasteiger partial charge in [0.25, 0.3) is 0 Å². The molecule has 0 bridgehead atoms. The first-order valence-electron chi connectivity index (χ1n) is 6.45. The molecule has 0 heterocycles. The summed E-state index contributed by atoms with van der Waals surface area (Å²) in [5.74, 6) is -0.295. The van der Waals surface area contributed by atoms with E-state index in [2.05, 4.69) is 10.0 Å². The summed E-state index contributed by atoms with van der Waals surface area (Å²) in [6.45, 7) is 2.15. The van der Waals surface area contributed by atoms with Gasteiger partial charge in [-0.05, 0) is 49.4 Å². The van der Waals surface area contributed by atoms with Gasteiger partial charge in [0, 0.05) is 12.2 Å². The van der Waals surface area contributed by atoms with Crippen LogP contribution in [0, 0.1) is 12.7 Å². The molecule has 2 rings (SSSR count). The smallest absolute Gasteiger partial charge is 0.240 e. The minimum Gasteiger partial charge on any atom is -0.381 e. The van der Waals surface area contributed by atoms with E-state index in [0.717, 1.165) is 5.56 Å². The van der Waals surface area contributed by atoms with Crippen molar-refractivity contribution in [1.82, 2.24) is 4.72 Å².